The highest BCUT2D eigenvalue weighted by atomic mass is 35.5. The van der Waals surface area contributed by atoms with E-state index in [2.05, 4.69) is 11.6 Å². The predicted octanol–water partition coefficient (Wildman–Crippen LogP) is 2.53. The molecule has 0 aliphatic carbocycles. The van der Waals surface area contributed by atoms with Gasteiger partial charge in [0.1, 0.15) is 6.10 Å². The number of allylic oxidation sites excluding steroid dienone is 2. The van der Waals surface area contributed by atoms with Crippen molar-refractivity contribution in [1.82, 2.24) is 9.80 Å². The molecule has 32 heavy (non-hydrogen) atoms. The number of nitrogens with one attached hydrogen (secondary N) is 1. The van der Waals surface area contributed by atoms with Gasteiger partial charge in [-0.05, 0) is 43.2 Å². The Morgan fingerprint density at radius 2 is 2.12 bits per heavy atom. The fraction of sp³-hybridized carbons (Fsp3) is 0.318. The number of guanidine groups is 1. The number of nitrogens with zero attached hydrogens (tertiary/aromatic N) is 3. The zero-order valence-corrected chi connectivity index (χ0v) is 19.0. The molecule has 1 saturated heterocycles. The Bertz CT molecular complexity index is 1040. The third-order valence-electron chi connectivity index (χ3n) is 5.36. The standard InChI is InChI=1S/C22H25Cl2N5O3/c1-12-8-14(6-7-28(12)22(26)27-16-5-3-4-15(23)10-16)19(25)17(24)9-13(2)29-11-18(30)20(31)21(29)32/h3-5,8-10,12,18,20,25,30-31H,2,6-7,11H2,1H3,(H2,26,27)/b17-9+,25-19?. The van der Waals surface area contributed by atoms with E-state index in [9.17, 15) is 15.0 Å². The fourth-order valence-corrected chi connectivity index (χ4v) is 4.02. The summed E-state index contributed by atoms with van der Waals surface area (Å²) in [5.41, 5.74) is 7.88. The number of likely N-dealkylation sites (tertiary alicyclic amines) is 1. The summed E-state index contributed by atoms with van der Waals surface area (Å²) in [7, 11) is 0. The number of rotatable bonds is 5. The Morgan fingerprint density at radius 1 is 1.41 bits per heavy atom. The molecule has 1 aromatic rings. The summed E-state index contributed by atoms with van der Waals surface area (Å²) in [5.74, 6) is -0.299. The van der Waals surface area contributed by atoms with Gasteiger partial charge in [0.2, 0.25) is 0 Å². The summed E-state index contributed by atoms with van der Waals surface area (Å²) in [4.78, 5) is 19.5. The highest BCUT2D eigenvalue weighted by Gasteiger charge is 2.38. The first-order valence-corrected chi connectivity index (χ1v) is 10.7. The van der Waals surface area contributed by atoms with Gasteiger partial charge in [0.05, 0.1) is 23.0 Å². The van der Waals surface area contributed by atoms with E-state index in [1.165, 1.54) is 6.08 Å². The lowest BCUT2D eigenvalue weighted by molar-refractivity contribution is -0.134. The van der Waals surface area contributed by atoms with Crippen LogP contribution < -0.4 is 5.73 Å². The van der Waals surface area contributed by atoms with Crippen LogP contribution in [0.2, 0.25) is 5.02 Å². The van der Waals surface area contributed by atoms with Crippen LogP contribution in [0, 0.1) is 5.41 Å². The van der Waals surface area contributed by atoms with Gasteiger partial charge >= 0.3 is 0 Å². The number of β-amino-alcohol motifs (C(OH)–C–C–N with tert-alkyl or cyclic N) is 1. The number of hydrogen-bond donors (Lipinski definition) is 4. The second kappa shape index (κ2) is 9.87. The molecule has 10 heteroatoms. The molecule has 1 aromatic carbocycles. The van der Waals surface area contributed by atoms with Crippen LogP contribution in [0.3, 0.4) is 0 Å². The lowest BCUT2D eigenvalue weighted by Gasteiger charge is -2.33. The van der Waals surface area contributed by atoms with Crippen molar-refractivity contribution < 1.29 is 15.0 Å². The van der Waals surface area contributed by atoms with Crippen LogP contribution in [0.15, 0.2) is 64.3 Å². The number of hydrogen-bond acceptors (Lipinski definition) is 5. The summed E-state index contributed by atoms with van der Waals surface area (Å²) in [6.45, 7) is 6.18. The maximum atomic E-state index is 12.0. The number of aliphatic hydroxyl groups is 2. The van der Waals surface area contributed by atoms with Crippen molar-refractivity contribution in [3.63, 3.8) is 0 Å². The molecule has 8 nitrogen and oxygen atoms in total. The number of aliphatic imine (C=N–C) groups is 1. The smallest absolute Gasteiger partial charge is 0.258 e. The molecule has 2 aliphatic rings. The van der Waals surface area contributed by atoms with E-state index in [4.69, 9.17) is 34.3 Å². The number of amides is 1. The summed E-state index contributed by atoms with van der Waals surface area (Å²) >= 11 is 12.3. The van der Waals surface area contributed by atoms with Gasteiger partial charge in [-0.25, -0.2) is 4.99 Å². The fourth-order valence-electron chi connectivity index (χ4n) is 3.59. The Kier molecular flexibility index (Phi) is 7.40. The van der Waals surface area contributed by atoms with E-state index in [1.807, 2.05) is 24.0 Å². The Labute approximate surface area is 196 Å². The molecule has 1 amide bonds. The van der Waals surface area contributed by atoms with Crippen molar-refractivity contribution in [2.75, 3.05) is 13.1 Å². The van der Waals surface area contributed by atoms with Gasteiger partial charge in [0.25, 0.3) is 5.91 Å². The minimum absolute atomic E-state index is 0.0766. The molecule has 170 valence electrons. The van der Waals surface area contributed by atoms with Gasteiger partial charge in [-0.2, -0.15) is 0 Å². The molecule has 2 heterocycles. The van der Waals surface area contributed by atoms with E-state index in [1.54, 1.807) is 18.2 Å². The molecular formula is C22H25Cl2N5O3. The van der Waals surface area contributed by atoms with E-state index >= 15 is 0 Å². The minimum Gasteiger partial charge on any atom is -0.388 e. The molecule has 3 unspecified atom stereocenters. The van der Waals surface area contributed by atoms with Gasteiger partial charge in [0.15, 0.2) is 12.1 Å². The number of nitrogens with two attached hydrogens (primary N) is 1. The zero-order chi connectivity index (χ0) is 23.6. The lowest BCUT2D eigenvalue weighted by Crippen LogP contribution is -2.45. The molecule has 3 rings (SSSR count). The van der Waals surface area contributed by atoms with Crippen LogP contribution in [0.25, 0.3) is 0 Å². The van der Waals surface area contributed by atoms with Crippen molar-refractivity contribution in [1.29, 1.82) is 5.41 Å². The zero-order valence-electron chi connectivity index (χ0n) is 17.5. The van der Waals surface area contributed by atoms with E-state index in [-0.39, 0.29) is 29.0 Å². The van der Waals surface area contributed by atoms with Gasteiger partial charge in [0, 0.05) is 23.3 Å². The topological polar surface area (TPSA) is 126 Å². The largest absolute Gasteiger partial charge is 0.388 e. The maximum Gasteiger partial charge on any atom is 0.258 e. The van der Waals surface area contributed by atoms with Crippen LogP contribution >= 0.6 is 23.2 Å². The first-order valence-electron chi connectivity index (χ1n) is 9.98. The van der Waals surface area contributed by atoms with Gasteiger partial charge in [-0.1, -0.05) is 41.9 Å². The molecule has 1 fully saturated rings. The van der Waals surface area contributed by atoms with Crippen LogP contribution in [0.1, 0.15) is 13.3 Å². The average Bonchev–Trinajstić information content (AvgIpc) is 3.00. The van der Waals surface area contributed by atoms with E-state index in [0.29, 0.717) is 29.6 Å². The van der Waals surface area contributed by atoms with Crippen molar-refractivity contribution in [2.24, 2.45) is 10.7 Å². The van der Waals surface area contributed by atoms with Crippen LogP contribution in [0.4, 0.5) is 5.69 Å². The molecule has 2 aliphatic heterocycles. The van der Waals surface area contributed by atoms with Crippen molar-refractivity contribution in [2.45, 2.75) is 31.6 Å². The molecule has 0 radical (unpaired) electrons. The Hall–Kier alpha value is -2.65. The molecule has 5 N–H and O–H groups in total. The lowest BCUT2D eigenvalue weighted by atomic mass is 9.98. The van der Waals surface area contributed by atoms with Crippen LogP contribution in [-0.2, 0) is 4.79 Å². The van der Waals surface area contributed by atoms with E-state index < -0.39 is 18.1 Å². The van der Waals surface area contributed by atoms with Crippen molar-refractivity contribution >= 4 is 46.5 Å². The predicted molar refractivity (Wildman–Crippen MR) is 126 cm³/mol. The third-order valence-corrected chi connectivity index (χ3v) is 5.89. The number of aliphatic hydroxyl groups excluding tert-OH is 2. The molecule has 3 atom stereocenters. The minimum atomic E-state index is -1.48. The highest BCUT2D eigenvalue weighted by Crippen LogP contribution is 2.25. The summed E-state index contributed by atoms with van der Waals surface area (Å²) in [6.07, 6.45) is 1.13. The Balaban J connectivity index is 1.70. The maximum absolute atomic E-state index is 12.0. The van der Waals surface area contributed by atoms with Crippen molar-refractivity contribution in [3.05, 3.63) is 64.3 Å². The molecular weight excluding hydrogens is 453 g/mol. The number of halogens is 2. The average molecular weight is 478 g/mol. The normalized spacial score (nSPS) is 24.6. The quantitative estimate of drug-likeness (QED) is 0.294. The number of carbonyl (C=O) groups is 1. The molecule has 0 aromatic heterocycles. The van der Waals surface area contributed by atoms with Gasteiger partial charge in [-0.3, -0.25) is 10.2 Å². The highest BCUT2D eigenvalue weighted by molar-refractivity contribution is 6.45. The third kappa shape index (κ3) is 5.21. The van der Waals surface area contributed by atoms with Crippen LogP contribution in [-0.4, -0.2) is 68.9 Å². The molecule has 0 saturated carbocycles. The summed E-state index contributed by atoms with van der Waals surface area (Å²) in [6, 6.07) is 6.97. The van der Waals surface area contributed by atoms with Crippen molar-refractivity contribution in [3.8, 4) is 0 Å². The Morgan fingerprint density at radius 3 is 2.72 bits per heavy atom. The molecule has 0 bridgehead atoms. The monoisotopic (exact) mass is 477 g/mol. The SMILES string of the molecule is C=C(/C=C(/Cl)C(=N)C1=CC(C)N(C(N)=Nc2cccc(Cl)c2)CC1)N1CC(O)C(O)C1=O. The second-order valence-corrected chi connectivity index (χ2v) is 8.49. The van der Waals surface area contributed by atoms with E-state index in [0.717, 1.165) is 10.5 Å². The number of benzene rings is 1. The second-order valence-electron chi connectivity index (χ2n) is 7.65. The molecule has 0 spiro atoms. The number of carbonyl (C=O) groups excluding carboxylic acids is 1. The van der Waals surface area contributed by atoms with Gasteiger partial charge < -0.3 is 25.7 Å². The summed E-state index contributed by atoms with van der Waals surface area (Å²) in [5, 5.41) is 28.4. The summed E-state index contributed by atoms with van der Waals surface area (Å²) < 4.78 is 0. The van der Waals surface area contributed by atoms with Gasteiger partial charge in [-0.15, -0.1) is 0 Å². The van der Waals surface area contributed by atoms with Crippen LogP contribution in [0.5, 0.6) is 0 Å². The first kappa shape index (κ1) is 24.0. The first-order chi connectivity index (χ1) is 15.1.